The zero-order chi connectivity index (χ0) is 21.5. The fraction of sp³-hybridized carbons (Fsp3) is 0.261. The first-order valence-corrected chi connectivity index (χ1v) is 10.5. The molecule has 152 valence electrons. The highest BCUT2D eigenvalue weighted by molar-refractivity contribution is 7.10. The van der Waals surface area contributed by atoms with Gasteiger partial charge in [0.25, 0.3) is 0 Å². The average Bonchev–Trinajstić information content (AvgIpc) is 3.25. The standard InChI is InChI=1S/C23H22N4O2S/c1-23(19-11-17(13-30-19)16-5-3-4-14(10-16)12-24)20(15-6-8-18(28)9-7-15)21(29)27(2)22(25)26-23/h3-9,11,13,16,20,28H,10H2,1-2H3,(H2,25,26)/t16?,20-,23-/m1/s1. The molecule has 0 saturated heterocycles. The summed E-state index contributed by atoms with van der Waals surface area (Å²) in [5, 5.41) is 21.0. The number of benzene rings is 1. The second-order valence-electron chi connectivity index (χ2n) is 7.78. The maximum Gasteiger partial charge on any atom is 0.239 e. The lowest BCUT2D eigenvalue weighted by atomic mass is 9.77. The van der Waals surface area contributed by atoms with E-state index in [9.17, 15) is 15.2 Å². The molecular formula is C23H22N4O2S. The predicted octanol–water partition coefficient (Wildman–Crippen LogP) is 3.73. The fourth-order valence-electron chi connectivity index (χ4n) is 4.06. The van der Waals surface area contributed by atoms with Gasteiger partial charge in [-0.1, -0.05) is 24.3 Å². The van der Waals surface area contributed by atoms with Crippen molar-refractivity contribution in [3.63, 3.8) is 0 Å². The zero-order valence-electron chi connectivity index (χ0n) is 16.7. The van der Waals surface area contributed by atoms with E-state index in [0.717, 1.165) is 21.6 Å². The monoisotopic (exact) mass is 418 g/mol. The maximum atomic E-state index is 13.3. The molecule has 1 aliphatic heterocycles. The van der Waals surface area contributed by atoms with Gasteiger partial charge in [-0.15, -0.1) is 11.3 Å². The molecule has 1 aliphatic carbocycles. The molecule has 2 heterocycles. The van der Waals surface area contributed by atoms with Gasteiger partial charge in [0.1, 0.15) is 11.3 Å². The highest BCUT2D eigenvalue weighted by Crippen LogP contribution is 2.47. The van der Waals surface area contributed by atoms with Crippen molar-refractivity contribution in [2.45, 2.75) is 30.7 Å². The number of allylic oxidation sites excluding steroid dienone is 4. The number of hydrogen-bond donors (Lipinski definition) is 2. The summed E-state index contributed by atoms with van der Waals surface area (Å²) in [6.07, 6.45) is 6.51. The van der Waals surface area contributed by atoms with Crippen LogP contribution >= 0.6 is 11.3 Å². The normalized spacial score (nSPS) is 26.2. The van der Waals surface area contributed by atoms with E-state index >= 15 is 0 Å². The maximum absolute atomic E-state index is 13.3. The van der Waals surface area contributed by atoms with Crippen molar-refractivity contribution < 1.29 is 9.90 Å². The van der Waals surface area contributed by atoms with Crippen LogP contribution in [0.15, 0.2) is 64.5 Å². The van der Waals surface area contributed by atoms with Gasteiger partial charge in [-0.05, 0) is 54.1 Å². The van der Waals surface area contributed by atoms with E-state index in [1.165, 1.54) is 4.90 Å². The first kappa shape index (κ1) is 19.9. The molecule has 30 heavy (non-hydrogen) atoms. The second kappa shape index (κ2) is 7.47. The summed E-state index contributed by atoms with van der Waals surface area (Å²) < 4.78 is 0. The van der Waals surface area contributed by atoms with Gasteiger partial charge in [-0.25, -0.2) is 4.99 Å². The van der Waals surface area contributed by atoms with Crippen LogP contribution in [0, 0.1) is 11.3 Å². The van der Waals surface area contributed by atoms with Gasteiger partial charge in [0.2, 0.25) is 5.91 Å². The Morgan fingerprint density at radius 3 is 2.77 bits per heavy atom. The van der Waals surface area contributed by atoms with Crippen molar-refractivity contribution in [1.29, 1.82) is 5.26 Å². The topological polar surface area (TPSA) is 103 Å². The number of nitrogens with two attached hydrogens (primary N) is 1. The number of aromatic hydroxyl groups is 1. The van der Waals surface area contributed by atoms with Gasteiger partial charge < -0.3 is 10.8 Å². The molecule has 1 aromatic heterocycles. The number of phenolic OH excluding ortho intramolecular Hbond substituents is 1. The van der Waals surface area contributed by atoms with Gasteiger partial charge in [0.15, 0.2) is 5.96 Å². The lowest BCUT2D eigenvalue weighted by Crippen LogP contribution is -2.52. The summed E-state index contributed by atoms with van der Waals surface area (Å²) >= 11 is 1.55. The van der Waals surface area contributed by atoms with E-state index in [2.05, 4.69) is 23.6 Å². The molecule has 0 radical (unpaired) electrons. The van der Waals surface area contributed by atoms with E-state index in [-0.39, 0.29) is 23.5 Å². The van der Waals surface area contributed by atoms with Gasteiger partial charge >= 0.3 is 0 Å². The summed E-state index contributed by atoms with van der Waals surface area (Å²) in [5.41, 5.74) is 7.84. The predicted molar refractivity (Wildman–Crippen MR) is 117 cm³/mol. The Kier molecular flexibility index (Phi) is 4.96. The van der Waals surface area contributed by atoms with Crippen molar-refractivity contribution in [3.8, 4) is 11.8 Å². The van der Waals surface area contributed by atoms with E-state index < -0.39 is 11.5 Å². The largest absolute Gasteiger partial charge is 0.508 e. The lowest BCUT2D eigenvalue weighted by molar-refractivity contribution is -0.130. The highest BCUT2D eigenvalue weighted by Gasteiger charge is 2.48. The Balaban J connectivity index is 1.77. The zero-order valence-corrected chi connectivity index (χ0v) is 17.6. The molecular weight excluding hydrogens is 396 g/mol. The Morgan fingerprint density at radius 1 is 1.33 bits per heavy atom. The van der Waals surface area contributed by atoms with E-state index in [0.29, 0.717) is 6.42 Å². The third-order valence-corrected chi connectivity index (χ3v) is 7.00. The van der Waals surface area contributed by atoms with Gasteiger partial charge in [0, 0.05) is 23.4 Å². The summed E-state index contributed by atoms with van der Waals surface area (Å²) in [6, 6.07) is 11.0. The number of nitriles is 1. The van der Waals surface area contributed by atoms with Crippen molar-refractivity contribution in [2.24, 2.45) is 10.7 Å². The first-order valence-electron chi connectivity index (χ1n) is 9.61. The van der Waals surface area contributed by atoms with Crippen LogP contribution in [0.3, 0.4) is 0 Å². The van der Waals surface area contributed by atoms with Crippen LogP contribution in [-0.4, -0.2) is 28.9 Å². The minimum atomic E-state index is -0.875. The molecule has 3 atom stereocenters. The van der Waals surface area contributed by atoms with Crippen LogP contribution < -0.4 is 5.73 Å². The third kappa shape index (κ3) is 3.29. The number of guanidine groups is 1. The SMILES string of the molecule is CN1C(=O)[C@@H](c2ccc(O)cc2)[C@@](C)(c2cc(C3C=CC=C(C#N)C3)cs2)N=C1N. The molecule has 1 unspecified atom stereocenters. The van der Waals surface area contributed by atoms with Crippen molar-refractivity contribution in [3.05, 3.63) is 75.5 Å². The number of amides is 1. The van der Waals surface area contributed by atoms with Gasteiger partial charge in [0.05, 0.1) is 12.0 Å². The Labute approximate surface area is 179 Å². The average molecular weight is 419 g/mol. The summed E-state index contributed by atoms with van der Waals surface area (Å²) in [4.78, 5) is 20.3. The van der Waals surface area contributed by atoms with Crippen molar-refractivity contribution in [1.82, 2.24) is 4.90 Å². The molecule has 2 aliphatic rings. The molecule has 6 nitrogen and oxygen atoms in total. The lowest BCUT2D eigenvalue weighted by Gasteiger charge is -2.40. The molecule has 7 heteroatoms. The van der Waals surface area contributed by atoms with Gasteiger partial charge in [-0.2, -0.15) is 5.26 Å². The number of nitrogens with zero attached hydrogens (tertiary/aromatic N) is 3. The number of carbonyl (C=O) groups excluding carboxylic acids is 1. The number of thiophene rings is 1. The van der Waals surface area contributed by atoms with Crippen LogP contribution in [0.1, 0.15) is 41.2 Å². The Hall–Kier alpha value is -3.37. The number of rotatable bonds is 3. The highest BCUT2D eigenvalue weighted by atomic mass is 32.1. The van der Waals surface area contributed by atoms with Crippen LogP contribution in [0.25, 0.3) is 0 Å². The summed E-state index contributed by atoms with van der Waals surface area (Å²) in [5.74, 6) is -0.270. The van der Waals surface area contributed by atoms with E-state index in [1.807, 2.05) is 19.1 Å². The molecule has 4 rings (SSSR count). The van der Waals surface area contributed by atoms with Gasteiger partial charge in [-0.3, -0.25) is 9.69 Å². The number of carbonyl (C=O) groups is 1. The third-order valence-electron chi connectivity index (χ3n) is 5.83. The molecule has 0 bridgehead atoms. The fourth-order valence-corrected chi connectivity index (χ4v) is 5.17. The first-order chi connectivity index (χ1) is 14.3. The van der Waals surface area contributed by atoms with Crippen LogP contribution in [0.4, 0.5) is 0 Å². The molecule has 1 amide bonds. The van der Waals surface area contributed by atoms with E-state index in [4.69, 9.17) is 10.7 Å². The minimum absolute atomic E-state index is 0.119. The van der Waals surface area contributed by atoms with Crippen molar-refractivity contribution in [2.75, 3.05) is 7.05 Å². The van der Waals surface area contributed by atoms with Crippen LogP contribution in [0.2, 0.25) is 0 Å². The second-order valence-corrected chi connectivity index (χ2v) is 8.69. The molecule has 2 aromatic rings. The molecule has 0 fully saturated rings. The molecule has 3 N–H and O–H groups in total. The molecule has 0 spiro atoms. The molecule has 0 saturated carbocycles. The Bertz CT molecular complexity index is 1120. The molecule has 1 aromatic carbocycles. The van der Waals surface area contributed by atoms with Crippen LogP contribution in [0.5, 0.6) is 5.75 Å². The van der Waals surface area contributed by atoms with Crippen molar-refractivity contribution >= 4 is 23.2 Å². The summed E-state index contributed by atoms with van der Waals surface area (Å²) in [6.45, 7) is 1.93. The van der Waals surface area contributed by atoms with E-state index in [1.54, 1.807) is 42.6 Å². The quantitative estimate of drug-likeness (QED) is 0.793. The number of aliphatic imine (C=N–C) groups is 1. The summed E-state index contributed by atoms with van der Waals surface area (Å²) in [7, 11) is 1.62. The number of hydrogen-bond acceptors (Lipinski definition) is 6. The number of phenols is 1. The smallest absolute Gasteiger partial charge is 0.239 e. The number of likely N-dealkylation sites (N-methyl/N-ethyl adjacent to an activating group) is 1. The Morgan fingerprint density at radius 2 is 2.07 bits per heavy atom. The van der Waals surface area contributed by atoms with Crippen LogP contribution in [-0.2, 0) is 10.3 Å². The minimum Gasteiger partial charge on any atom is -0.508 e.